The van der Waals surface area contributed by atoms with Gasteiger partial charge in [0.2, 0.25) is 5.91 Å². The van der Waals surface area contributed by atoms with E-state index in [0.29, 0.717) is 25.0 Å². The molecule has 0 heterocycles. The summed E-state index contributed by atoms with van der Waals surface area (Å²) in [5.74, 6) is 0.202. The number of urea groups is 1. The Morgan fingerprint density at radius 1 is 0.962 bits per heavy atom. The van der Waals surface area contributed by atoms with Gasteiger partial charge in [-0.25, -0.2) is 4.79 Å². The van der Waals surface area contributed by atoms with Gasteiger partial charge in [0.05, 0.1) is 0 Å². The van der Waals surface area contributed by atoms with E-state index in [9.17, 15) is 9.59 Å². The molecular formula is C20H28BrN3O2. The maximum absolute atomic E-state index is 12.8. The Balaban J connectivity index is 1.46. The largest absolute Gasteiger partial charge is 0.337 e. The normalized spacial score (nSPS) is 18.0. The van der Waals surface area contributed by atoms with E-state index in [1.54, 1.807) is 0 Å². The van der Waals surface area contributed by atoms with Crippen molar-refractivity contribution < 1.29 is 9.59 Å². The third-order valence-electron chi connectivity index (χ3n) is 5.45. The molecule has 0 unspecified atom stereocenters. The third-order valence-corrected chi connectivity index (χ3v) is 5.98. The predicted octanol–water partition coefficient (Wildman–Crippen LogP) is 4.67. The fourth-order valence-corrected chi connectivity index (χ4v) is 4.46. The van der Waals surface area contributed by atoms with E-state index in [4.69, 9.17) is 0 Å². The number of carbonyl (C=O) groups is 2. The lowest BCUT2D eigenvalue weighted by Gasteiger charge is -2.35. The number of hydrogen-bond donors (Lipinski definition) is 2. The summed E-state index contributed by atoms with van der Waals surface area (Å²) in [6, 6.07) is 7.98. The third kappa shape index (κ3) is 5.22. The first-order chi connectivity index (χ1) is 12.6. The molecule has 2 aliphatic rings. The molecule has 2 N–H and O–H groups in total. The van der Waals surface area contributed by atoms with Crippen molar-refractivity contribution in [3.05, 3.63) is 28.7 Å². The van der Waals surface area contributed by atoms with Gasteiger partial charge in [0.15, 0.2) is 0 Å². The van der Waals surface area contributed by atoms with Gasteiger partial charge in [0.1, 0.15) is 0 Å². The van der Waals surface area contributed by atoms with Crippen molar-refractivity contribution in [2.75, 3.05) is 11.9 Å². The van der Waals surface area contributed by atoms with E-state index in [1.165, 1.54) is 25.7 Å². The first-order valence-electron chi connectivity index (χ1n) is 9.75. The summed E-state index contributed by atoms with van der Waals surface area (Å²) in [5, 5.41) is 5.59. The lowest BCUT2D eigenvalue weighted by atomic mass is 10.1. The summed E-state index contributed by atoms with van der Waals surface area (Å²) in [7, 11) is 0. The average molecular weight is 422 g/mol. The summed E-state index contributed by atoms with van der Waals surface area (Å²) in [5.41, 5.74) is 0.732. The molecular weight excluding hydrogens is 394 g/mol. The summed E-state index contributed by atoms with van der Waals surface area (Å²) in [4.78, 5) is 27.0. The van der Waals surface area contributed by atoms with Crippen LogP contribution in [0.25, 0.3) is 0 Å². The number of nitrogens with one attached hydrogen (secondary N) is 2. The fourth-order valence-electron chi connectivity index (χ4n) is 4.19. The van der Waals surface area contributed by atoms with Gasteiger partial charge in [-0.15, -0.1) is 0 Å². The van der Waals surface area contributed by atoms with Gasteiger partial charge < -0.3 is 15.5 Å². The van der Waals surface area contributed by atoms with Crippen molar-refractivity contribution >= 4 is 33.6 Å². The van der Waals surface area contributed by atoms with Crippen molar-refractivity contribution in [2.45, 2.75) is 69.9 Å². The summed E-state index contributed by atoms with van der Waals surface area (Å²) >= 11 is 3.37. The molecule has 0 spiro atoms. The highest BCUT2D eigenvalue weighted by molar-refractivity contribution is 9.10. The van der Waals surface area contributed by atoms with Crippen LogP contribution in [0.5, 0.6) is 0 Å². The molecule has 5 nitrogen and oxygen atoms in total. The minimum absolute atomic E-state index is 0.202. The molecule has 1 aromatic carbocycles. The molecule has 0 aliphatic heterocycles. The zero-order valence-electron chi connectivity index (χ0n) is 15.2. The molecule has 3 amide bonds. The Hall–Kier alpha value is -1.56. The number of carbonyl (C=O) groups excluding carboxylic acids is 2. The lowest BCUT2D eigenvalue weighted by molar-refractivity contribution is -0.135. The average Bonchev–Trinajstić information content (AvgIpc) is 3.32. The van der Waals surface area contributed by atoms with E-state index in [1.807, 2.05) is 24.3 Å². The zero-order valence-corrected chi connectivity index (χ0v) is 16.8. The second kappa shape index (κ2) is 9.40. The van der Waals surface area contributed by atoms with Gasteiger partial charge in [-0.1, -0.05) is 41.6 Å². The van der Waals surface area contributed by atoms with Crippen LogP contribution in [0, 0.1) is 0 Å². The number of rotatable bonds is 6. The van der Waals surface area contributed by atoms with Crippen LogP contribution in [-0.2, 0) is 4.79 Å². The van der Waals surface area contributed by atoms with Gasteiger partial charge in [-0.05, 0) is 49.9 Å². The molecule has 1 aromatic rings. The van der Waals surface area contributed by atoms with Crippen LogP contribution >= 0.6 is 15.9 Å². The Bertz CT molecular complexity index is 592. The number of amides is 3. The van der Waals surface area contributed by atoms with Crippen LogP contribution in [0.2, 0.25) is 0 Å². The van der Waals surface area contributed by atoms with Crippen molar-refractivity contribution in [1.82, 2.24) is 10.2 Å². The predicted molar refractivity (Wildman–Crippen MR) is 107 cm³/mol. The van der Waals surface area contributed by atoms with Gasteiger partial charge in [-0.2, -0.15) is 0 Å². The van der Waals surface area contributed by atoms with Gasteiger partial charge in [0, 0.05) is 35.2 Å². The molecule has 3 rings (SSSR count). The fraction of sp³-hybridized carbons (Fsp3) is 0.600. The molecule has 142 valence electrons. The van der Waals surface area contributed by atoms with Gasteiger partial charge in [0.25, 0.3) is 0 Å². The van der Waals surface area contributed by atoms with E-state index < -0.39 is 0 Å². The summed E-state index contributed by atoms with van der Waals surface area (Å²) in [6.45, 7) is 0.372. The second-order valence-electron chi connectivity index (χ2n) is 7.32. The minimum atomic E-state index is -0.270. The Morgan fingerprint density at radius 2 is 1.50 bits per heavy atom. The molecule has 0 radical (unpaired) electrons. The molecule has 0 bridgehead atoms. The molecule has 2 aliphatic carbocycles. The van der Waals surface area contributed by atoms with Crippen molar-refractivity contribution in [3.8, 4) is 0 Å². The van der Waals surface area contributed by atoms with Crippen LogP contribution in [0.15, 0.2) is 28.7 Å². The minimum Gasteiger partial charge on any atom is -0.337 e. The van der Waals surface area contributed by atoms with E-state index in [0.717, 1.165) is 35.8 Å². The SMILES string of the molecule is O=C(NCCC(=O)N(C1CCCC1)C1CCCC1)Nc1ccc(Br)cc1. The molecule has 2 saturated carbocycles. The van der Waals surface area contributed by atoms with E-state index in [-0.39, 0.29) is 11.9 Å². The van der Waals surface area contributed by atoms with Crippen molar-refractivity contribution in [1.29, 1.82) is 0 Å². The molecule has 26 heavy (non-hydrogen) atoms. The topological polar surface area (TPSA) is 61.4 Å². The molecule has 6 heteroatoms. The van der Waals surface area contributed by atoms with Gasteiger partial charge >= 0.3 is 6.03 Å². The van der Waals surface area contributed by atoms with Crippen LogP contribution in [-0.4, -0.2) is 35.5 Å². The number of benzene rings is 1. The smallest absolute Gasteiger partial charge is 0.319 e. The highest BCUT2D eigenvalue weighted by Crippen LogP contribution is 2.32. The first-order valence-corrected chi connectivity index (χ1v) is 10.5. The highest BCUT2D eigenvalue weighted by Gasteiger charge is 2.33. The highest BCUT2D eigenvalue weighted by atomic mass is 79.9. The first kappa shape index (κ1) is 19.2. The van der Waals surface area contributed by atoms with Crippen LogP contribution < -0.4 is 10.6 Å². The summed E-state index contributed by atoms with van der Waals surface area (Å²) < 4.78 is 0.966. The lowest BCUT2D eigenvalue weighted by Crippen LogP contribution is -2.46. The monoisotopic (exact) mass is 421 g/mol. The Morgan fingerprint density at radius 3 is 2.04 bits per heavy atom. The van der Waals surface area contributed by atoms with E-state index in [2.05, 4.69) is 31.5 Å². The van der Waals surface area contributed by atoms with Crippen LogP contribution in [0.4, 0.5) is 10.5 Å². The molecule has 0 saturated heterocycles. The van der Waals surface area contributed by atoms with Gasteiger partial charge in [-0.3, -0.25) is 4.79 Å². The number of anilines is 1. The van der Waals surface area contributed by atoms with Crippen molar-refractivity contribution in [2.24, 2.45) is 0 Å². The Kier molecular flexibility index (Phi) is 6.94. The molecule has 0 atom stereocenters. The standard InChI is InChI=1S/C20H28BrN3O2/c21-15-9-11-16(12-10-15)23-20(26)22-14-13-19(25)24(17-5-1-2-6-17)18-7-3-4-8-18/h9-12,17-18H,1-8,13-14H2,(H2,22,23,26). The van der Waals surface area contributed by atoms with Crippen LogP contribution in [0.3, 0.4) is 0 Å². The Labute approximate surface area is 164 Å². The van der Waals surface area contributed by atoms with E-state index >= 15 is 0 Å². The number of hydrogen-bond acceptors (Lipinski definition) is 2. The zero-order chi connectivity index (χ0) is 18.4. The maximum atomic E-state index is 12.8. The summed E-state index contributed by atoms with van der Waals surface area (Å²) in [6.07, 6.45) is 9.85. The van der Waals surface area contributed by atoms with Crippen molar-refractivity contribution in [3.63, 3.8) is 0 Å². The van der Waals surface area contributed by atoms with Crippen LogP contribution in [0.1, 0.15) is 57.8 Å². The molecule has 2 fully saturated rings. The number of halogens is 1. The quantitative estimate of drug-likeness (QED) is 0.700. The number of nitrogens with zero attached hydrogens (tertiary/aromatic N) is 1. The second-order valence-corrected chi connectivity index (χ2v) is 8.23. The maximum Gasteiger partial charge on any atom is 0.319 e. The molecule has 0 aromatic heterocycles.